The minimum Gasteiger partial charge on any atom is -0.496 e. The Hall–Kier alpha value is -1.36. The van der Waals surface area contributed by atoms with Crippen LogP contribution in [0.5, 0.6) is 5.75 Å². The average molecular weight is 389 g/mol. The van der Waals surface area contributed by atoms with Crippen LogP contribution in [0.1, 0.15) is 30.0 Å². The molecule has 1 aliphatic heterocycles. The monoisotopic (exact) mass is 388 g/mol. The van der Waals surface area contributed by atoms with Crippen LogP contribution >= 0.6 is 15.9 Å². The first-order chi connectivity index (χ1) is 11.8. The molecule has 0 bridgehead atoms. The molecule has 2 aromatic rings. The summed E-state index contributed by atoms with van der Waals surface area (Å²) in [5, 5.41) is 3.74. The summed E-state index contributed by atoms with van der Waals surface area (Å²) in [6, 6.07) is 17.4. The Morgan fingerprint density at radius 3 is 2.54 bits per heavy atom. The number of benzene rings is 2. The van der Waals surface area contributed by atoms with Crippen LogP contribution in [-0.4, -0.2) is 31.6 Å². The van der Waals surface area contributed by atoms with Crippen LogP contribution in [0.3, 0.4) is 0 Å². The van der Waals surface area contributed by atoms with Crippen LogP contribution in [0.15, 0.2) is 53.0 Å². The van der Waals surface area contributed by atoms with Crippen molar-refractivity contribution in [2.24, 2.45) is 0 Å². The Morgan fingerprint density at radius 2 is 1.88 bits per heavy atom. The number of hydrogen-bond donors (Lipinski definition) is 1. The summed E-state index contributed by atoms with van der Waals surface area (Å²) < 4.78 is 6.31. The predicted octanol–water partition coefficient (Wildman–Crippen LogP) is 4.38. The number of rotatable bonds is 7. The van der Waals surface area contributed by atoms with E-state index in [1.807, 2.05) is 6.07 Å². The van der Waals surface area contributed by atoms with Gasteiger partial charge in [0.25, 0.3) is 0 Å². The third-order valence-corrected chi connectivity index (χ3v) is 5.23. The summed E-state index contributed by atoms with van der Waals surface area (Å²) in [4.78, 5) is 2.56. The third-order valence-electron chi connectivity index (χ3n) is 4.61. The molecule has 1 fully saturated rings. The first-order valence-corrected chi connectivity index (χ1v) is 9.38. The summed E-state index contributed by atoms with van der Waals surface area (Å²) in [5.41, 5.74) is 2.61. The van der Waals surface area contributed by atoms with Gasteiger partial charge in [0.2, 0.25) is 0 Å². The van der Waals surface area contributed by atoms with Crippen molar-refractivity contribution in [2.75, 3.05) is 26.7 Å². The molecule has 3 nitrogen and oxygen atoms in total. The molecule has 2 aromatic carbocycles. The normalized spacial score (nSPS) is 16.2. The second kappa shape index (κ2) is 8.65. The van der Waals surface area contributed by atoms with Gasteiger partial charge in [0.15, 0.2) is 0 Å². The molecule has 3 rings (SSSR count). The largest absolute Gasteiger partial charge is 0.496 e. The highest BCUT2D eigenvalue weighted by Gasteiger charge is 2.18. The molecule has 1 N–H and O–H groups in total. The highest BCUT2D eigenvalue weighted by molar-refractivity contribution is 9.10. The van der Waals surface area contributed by atoms with Crippen molar-refractivity contribution in [3.8, 4) is 5.75 Å². The van der Waals surface area contributed by atoms with Gasteiger partial charge in [-0.25, -0.2) is 0 Å². The van der Waals surface area contributed by atoms with Crippen LogP contribution in [-0.2, 0) is 6.54 Å². The van der Waals surface area contributed by atoms with E-state index in [1.165, 1.54) is 37.1 Å². The van der Waals surface area contributed by atoms with Crippen LogP contribution in [0, 0.1) is 0 Å². The SMILES string of the molecule is COc1ccc(CNC(CN2CCCC2)c2ccccc2)cc1Br. The van der Waals surface area contributed by atoms with Crippen molar-refractivity contribution in [3.63, 3.8) is 0 Å². The van der Waals surface area contributed by atoms with Gasteiger partial charge in [-0.2, -0.15) is 0 Å². The number of hydrogen-bond acceptors (Lipinski definition) is 3. The molecule has 0 aliphatic carbocycles. The lowest BCUT2D eigenvalue weighted by Gasteiger charge is -2.25. The highest BCUT2D eigenvalue weighted by atomic mass is 79.9. The van der Waals surface area contributed by atoms with Crippen molar-refractivity contribution >= 4 is 15.9 Å². The topological polar surface area (TPSA) is 24.5 Å². The van der Waals surface area contributed by atoms with E-state index in [-0.39, 0.29) is 0 Å². The maximum absolute atomic E-state index is 5.31. The van der Waals surface area contributed by atoms with Crippen molar-refractivity contribution in [1.29, 1.82) is 0 Å². The molecule has 0 saturated carbocycles. The number of nitrogens with one attached hydrogen (secondary N) is 1. The average Bonchev–Trinajstić information content (AvgIpc) is 3.12. The van der Waals surface area contributed by atoms with Gasteiger partial charge in [-0.3, -0.25) is 0 Å². The zero-order chi connectivity index (χ0) is 16.8. The van der Waals surface area contributed by atoms with E-state index >= 15 is 0 Å². The molecule has 4 heteroatoms. The Morgan fingerprint density at radius 1 is 1.12 bits per heavy atom. The highest BCUT2D eigenvalue weighted by Crippen LogP contribution is 2.26. The van der Waals surface area contributed by atoms with E-state index in [0.717, 1.165) is 23.3 Å². The summed E-state index contributed by atoms with van der Waals surface area (Å²) in [7, 11) is 1.69. The smallest absolute Gasteiger partial charge is 0.133 e. The molecule has 0 radical (unpaired) electrons. The molecule has 24 heavy (non-hydrogen) atoms. The fourth-order valence-electron chi connectivity index (χ4n) is 3.26. The van der Waals surface area contributed by atoms with Gasteiger partial charge >= 0.3 is 0 Å². The lowest BCUT2D eigenvalue weighted by atomic mass is 10.1. The molecule has 0 spiro atoms. The van der Waals surface area contributed by atoms with Crippen LogP contribution in [0.25, 0.3) is 0 Å². The molecular formula is C20H25BrN2O. The quantitative estimate of drug-likeness (QED) is 0.761. The van der Waals surface area contributed by atoms with Gasteiger partial charge in [0.1, 0.15) is 5.75 Å². The predicted molar refractivity (Wildman–Crippen MR) is 102 cm³/mol. The van der Waals surface area contributed by atoms with Crippen molar-refractivity contribution in [2.45, 2.75) is 25.4 Å². The van der Waals surface area contributed by atoms with Crippen LogP contribution < -0.4 is 10.1 Å². The summed E-state index contributed by atoms with van der Waals surface area (Å²) in [6.45, 7) is 4.36. The Bertz CT molecular complexity index is 641. The lowest BCUT2D eigenvalue weighted by molar-refractivity contribution is 0.291. The second-order valence-electron chi connectivity index (χ2n) is 6.32. The Labute approximate surface area is 153 Å². The number of ether oxygens (including phenoxy) is 1. The molecule has 1 heterocycles. The Kier molecular flexibility index (Phi) is 6.30. The number of likely N-dealkylation sites (tertiary alicyclic amines) is 1. The number of methoxy groups -OCH3 is 1. The first kappa shape index (κ1) is 17.5. The molecule has 1 saturated heterocycles. The molecule has 1 atom stereocenters. The number of halogens is 1. The molecular weight excluding hydrogens is 364 g/mol. The van der Waals surface area contributed by atoms with Gasteiger partial charge in [0.05, 0.1) is 11.6 Å². The number of nitrogens with zero attached hydrogens (tertiary/aromatic N) is 1. The summed E-state index contributed by atoms with van der Waals surface area (Å²) in [5.74, 6) is 0.871. The maximum atomic E-state index is 5.31. The van der Waals surface area contributed by atoms with E-state index in [4.69, 9.17) is 4.74 Å². The van der Waals surface area contributed by atoms with Crippen molar-refractivity contribution < 1.29 is 4.74 Å². The van der Waals surface area contributed by atoms with Gasteiger partial charge in [0, 0.05) is 19.1 Å². The zero-order valence-corrected chi connectivity index (χ0v) is 15.8. The lowest BCUT2D eigenvalue weighted by Crippen LogP contribution is -2.33. The van der Waals surface area contributed by atoms with Crippen LogP contribution in [0.2, 0.25) is 0 Å². The van der Waals surface area contributed by atoms with E-state index in [0.29, 0.717) is 6.04 Å². The summed E-state index contributed by atoms with van der Waals surface area (Å²) in [6.07, 6.45) is 2.65. The van der Waals surface area contributed by atoms with Crippen molar-refractivity contribution in [1.82, 2.24) is 10.2 Å². The third kappa shape index (κ3) is 4.59. The minimum absolute atomic E-state index is 0.352. The molecule has 0 amide bonds. The fraction of sp³-hybridized carbons (Fsp3) is 0.400. The summed E-state index contributed by atoms with van der Waals surface area (Å²) >= 11 is 3.57. The van der Waals surface area contributed by atoms with Gasteiger partial charge in [-0.1, -0.05) is 36.4 Å². The van der Waals surface area contributed by atoms with E-state index < -0.39 is 0 Å². The van der Waals surface area contributed by atoms with Gasteiger partial charge in [-0.05, 0) is 65.1 Å². The fourth-order valence-corrected chi connectivity index (χ4v) is 3.85. The minimum atomic E-state index is 0.352. The van der Waals surface area contributed by atoms with Gasteiger partial charge < -0.3 is 15.0 Å². The van der Waals surface area contributed by atoms with Crippen molar-refractivity contribution in [3.05, 3.63) is 64.1 Å². The van der Waals surface area contributed by atoms with Gasteiger partial charge in [-0.15, -0.1) is 0 Å². The second-order valence-corrected chi connectivity index (χ2v) is 7.18. The van der Waals surface area contributed by atoms with E-state index in [1.54, 1.807) is 7.11 Å². The molecule has 0 aromatic heterocycles. The molecule has 1 aliphatic rings. The Balaban J connectivity index is 1.68. The standard InChI is InChI=1S/C20H25BrN2O/c1-24-20-10-9-16(13-18(20)21)14-22-19(15-23-11-5-6-12-23)17-7-3-2-4-8-17/h2-4,7-10,13,19,22H,5-6,11-12,14-15H2,1H3. The molecule has 1 unspecified atom stereocenters. The van der Waals surface area contributed by atoms with E-state index in [9.17, 15) is 0 Å². The molecule has 128 valence electrons. The maximum Gasteiger partial charge on any atom is 0.133 e. The zero-order valence-electron chi connectivity index (χ0n) is 14.2. The van der Waals surface area contributed by atoms with Crippen LogP contribution in [0.4, 0.5) is 0 Å². The van der Waals surface area contributed by atoms with E-state index in [2.05, 4.69) is 68.6 Å². The first-order valence-electron chi connectivity index (χ1n) is 8.59.